The van der Waals surface area contributed by atoms with Crippen molar-refractivity contribution in [2.75, 3.05) is 31.8 Å². The highest BCUT2D eigenvalue weighted by atomic mass is 32.2. The van der Waals surface area contributed by atoms with Gasteiger partial charge >= 0.3 is 0 Å². The van der Waals surface area contributed by atoms with Crippen molar-refractivity contribution in [3.05, 3.63) is 12.4 Å². The molecule has 0 unspecified atom stereocenters. The van der Waals surface area contributed by atoms with Gasteiger partial charge in [0.25, 0.3) is 0 Å². The first-order valence-electron chi connectivity index (χ1n) is 12.5. The molecule has 1 rings (SSSR count). The van der Waals surface area contributed by atoms with Crippen LogP contribution in [0.15, 0.2) is 12.4 Å². The Hall–Kier alpha value is -0.310. The first-order chi connectivity index (χ1) is 13.8. The normalized spacial score (nSPS) is 13.8. The molecular weight excluding hydrogens is 360 g/mol. The first-order valence-corrected chi connectivity index (χ1v) is 13.7. The van der Waals surface area contributed by atoms with E-state index < -0.39 is 0 Å². The summed E-state index contributed by atoms with van der Waals surface area (Å²) < 4.78 is 0. The highest BCUT2D eigenvalue weighted by molar-refractivity contribution is 7.99. The summed E-state index contributed by atoms with van der Waals surface area (Å²) in [7, 11) is 2.14. The molecule has 1 aliphatic rings. The summed E-state index contributed by atoms with van der Waals surface area (Å²) in [5.74, 6) is 2.70. The van der Waals surface area contributed by atoms with Gasteiger partial charge in [0.05, 0.1) is 6.67 Å². The Labute approximate surface area is 181 Å². The van der Waals surface area contributed by atoms with E-state index in [1.54, 1.807) is 0 Å². The maximum absolute atomic E-state index is 2.41. The summed E-state index contributed by atoms with van der Waals surface area (Å²) in [5, 5.41) is 0. The summed E-state index contributed by atoms with van der Waals surface area (Å²) >= 11 is 2.16. The lowest BCUT2D eigenvalue weighted by Gasteiger charge is -2.17. The minimum atomic E-state index is 1.07. The Balaban J connectivity index is 1.64. The third-order valence-electron chi connectivity index (χ3n) is 5.81. The minimum absolute atomic E-state index is 1.07. The molecule has 0 aromatic heterocycles. The van der Waals surface area contributed by atoms with E-state index >= 15 is 0 Å². The van der Waals surface area contributed by atoms with E-state index in [4.69, 9.17) is 0 Å². The number of hydrogen-bond acceptors (Lipinski definition) is 3. The molecule has 1 heterocycles. The van der Waals surface area contributed by atoms with Gasteiger partial charge in [-0.1, -0.05) is 103 Å². The Morgan fingerprint density at radius 3 is 1.54 bits per heavy atom. The number of rotatable bonds is 21. The van der Waals surface area contributed by atoms with Crippen molar-refractivity contribution >= 4 is 11.8 Å². The molecule has 0 saturated heterocycles. The van der Waals surface area contributed by atoms with Gasteiger partial charge < -0.3 is 9.80 Å². The molecule has 0 aromatic carbocycles. The molecule has 2 nitrogen and oxygen atoms in total. The topological polar surface area (TPSA) is 6.48 Å². The summed E-state index contributed by atoms with van der Waals surface area (Å²) in [6.45, 7) is 4.59. The van der Waals surface area contributed by atoms with Crippen LogP contribution in [0.3, 0.4) is 0 Å². The smallest absolute Gasteiger partial charge is 0.0890 e. The van der Waals surface area contributed by atoms with Gasteiger partial charge in [0.1, 0.15) is 0 Å². The van der Waals surface area contributed by atoms with Crippen LogP contribution in [0.4, 0.5) is 0 Å². The van der Waals surface area contributed by atoms with Crippen molar-refractivity contribution in [3.63, 3.8) is 0 Å². The van der Waals surface area contributed by atoms with Crippen LogP contribution in [0.1, 0.15) is 116 Å². The summed E-state index contributed by atoms with van der Waals surface area (Å²) in [6.07, 6.45) is 29.1. The lowest BCUT2D eigenvalue weighted by molar-refractivity contribution is 0.298. The zero-order valence-electron chi connectivity index (χ0n) is 19.3. The molecule has 3 heteroatoms. The van der Waals surface area contributed by atoms with Gasteiger partial charge in [-0.2, -0.15) is 11.8 Å². The number of unbranched alkanes of at least 4 members (excludes halogenated alkanes) is 15. The molecule has 0 radical (unpaired) electrons. The maximum Gasteiger partial charge on any atom is 0.0890 e. The summed E-state index contributed by atoms with van der Waals surface area (Å²) in [5.41, 5.74) is 0. The van der Waals surface area contributed by atoms with Crippen molar-refractivity contribution in [2.24, 2.45) is 0 Å². The molecule has 166 valence electrons. The van der Waals surface area contributed by atoms with Crippen LogP contribution in [0, 0.1) is 0 Å². The van der Waals surface area contributed by atoms with Crippen molar-refractivity contribution in [1.29, 1.82) is 0 Å². The maximum atomic E-state index is 2.41. The molecule has 0 amide bonds. The Morgan fingerprint density at radius 1 is 0.607 bits per heavy atom. The van der Waals surface area contributed by atoms with E-state index in [9.17, 15) is 0 Å². The molecule has 0 atom stereocenters. The van der Waals surface area contributed by atoms with E-state index in [0.29, 0.717) is 0 Å². The second-order valence-corrected chi connectivity index (χ2v) is 10.0. The van der Waals surface area contributed by atoms with E-state index in [2.05, 4.69) is 47.9 Å². The van der Waals surface area contributed by atoms with Gasteiger partial charge in [0, 0.05) is 26.0 Å². The van der Waals surface area contributed by atoms with E-state index in [1.165, 1.54) is 127 Å². The summed E-state index contributed by atoms with van der Waals surface area (Å²) in [6, 6.07) is 0. The average Bonchev–Trinajstić information content (AvgIpc) is 3.11. The zero-order valence-corrected chi connectivity index (χ0v) is 20.1. The molecule has 0 aromatic rings. The molecule has 0 saturated carbocycles. The van der Waals surface area contributed by atoms with Crippen LogP contribution >= 0.6 is 11.8 Å². The molecule has 0 fully saturated rings. The van der Waals surface area contributed by atoms with Crippen molar-refractivity contribution in [1.82, 2.24) is 9.80 Å². The van der Waals surface area contributed by atoms with Crippen LogP contribution in [-0.2, 0) is 0 Å². The van der Waals surface area contributed by atoms with Crippen molar-refractivity contribution in [3.8, 4) is 0 Å². The van der Waals surface area contributed by atoms with Crippen LogP contribution in [0.5, 0.6) is 0 Å². The SMILES string of the molecule is CCCCCCCCCCCCCCCCCCSCCCN1C=CN(C)C1. The standard InChI is InChI=1S/C25H50N2S/c1-3-4-5-6-7-8-9-10-11-12-13-14-15-16-17-18-23-28-24-19-20-27-22-21-26(2)25-27/h21-22H,3-20,23-25H2,1-2H3. The Morgan fingerprint density at radius 2 is 1.07 bits per heavy atom. The van der Waals surface area contributed by atoms with Crippen molar-refractivity contribution in [2.45, 2.75) is 116 Å². The monoisotopic (exact) mass is 410 g/mol. The molecular formula is C25H50N2S. The average molecular weight is 411 g/mol. The molecule has 0 spiro atoms. The number of nitrogens with zero attached hydrogens (tertiary/aromatic N) is 2. The second-order valence-electron chi connectivity index (χ2n) is 8.78. The summed E-state index contributed by atoms with van der Waals surface area (Å²) in [4.78, 5) is 4.65. The van der Waals surface area contributed by atoms with E-state index in [-0.39, 0.29) is 0 Å². The number of thioether (sulfide) groups is 1. The molecule has 0 N–H and O–H groups in total. The first kappa shape index (κ1) is 25.7. The van der Waals surface area contributed by atoms with Gasteiger partial charge in [-0.25, -0.2) is 0 Å². The minimum Gasteiger partial charge on any atom is -0.362 e. The Bertz CT molecular complexity index is 345. The fourth-order valence-electron chi connectivity index (χ4n) is 3.96. The predicted molar refractivity (Wildman–Crippen MR) is 130 cm³/mol. The fraction of sp³-hybridized carbons (Fsp3) is 0.920. The van der Waals surface area contributed by atoms with Crippen LogP contribution in [0.2, 0.25) is 0 Å². The van der Waals surface area contributed by atoms with E-state index in [0.717, 1.165) is 6.67 Å². The van der Waals surface area contributed by atoms with Gasteiger partial charge in [-0.3, -0.25) is 0 Å². The van der Waals surface area contributed by atoms with E-state index in [1.807, 2.05) is 0 Å². The molecule has 0 bridgehead atoms. The second kappa shape index (κ2) is 20.0. The number of hydrogen-bond donors (Lipinski definition) is 0. The van der Waals surface area contributed by atoms with Crippen LogP contribution in [-0.4, -0.2) is 41.6 Å². The van der Waals surface area contributed by atoms with Crippen LogP contribution < -0.4 is 0 Å². The quantitative estimate of drug-likeness (QED) is 0.177. The molecule has 28 heavy (non-hydrogen) atoms. The van der Waals surface area contributed by atoms with Gasteiger partial charge in [-0.15, -0.1) is 0 Å². The van der Waals surface area contributed by atoms with Gasteiger partial charge in [-0.05, 0) is 24.3 Å². The van der Waals surface area contributed by atoms with Crippen molar-refractivity contribution < 1.29 is 0 Å². The highest BCUT2D eigenvalue weighted by Gasteiger charge is 2.06. The Kier molecular flexibility index (Phi) is 18.4. The molecule has 0 aliphatic carbocycles. The third-order valence-corrected chi connectivity index (χ3v) is 6.97. The largest absolute Gasteiger partial charge is 0.362 e. The fourth-order valence-corrected chi connectivity index (χ4v) is 4.90. The highest BCUT2D eigenvalue weighted by Crippen LogP contribution is 2.15. The molecule has 1 aliphatic heterocycles. The predicted octanol–water partition coefficient (Wildman–Crippen LogP) is 8.05. The lowest BCUT2D eigenvalue weighted by atomic mass is 10.0. The zero-order chi connectivity index (χ0) is 20.1. The third kappa shape index (κ3) is 16.6. The van der Waals surface area contributed by atoms with Crippen LogP contribution in [0.25, 0.3) is 0 Å². The van der Waals surface area contributed by atoms with Gasteiger partial charge in [0.2, 0.25) is 0 Å². The van der Waals surface area contributed by atoms with Gasteiger partial charge in [0.15, 0.2) is 0 Å². The lowest BCUT2D eigenvalue weighted by Crippen LogP contribution is -2.23.